The van der Waals surface area contributed by atoms with E-state index in [0.29, 0.717) is 5.41 Å². The largest absolute Gasteiger partial charge is 0.319 e. The van der Waals surface area contributed by atoms with Crippen LogP contribution in [0.5, 0.6) is 0 Å². The maximum absolute atomic E-state index is 3.29. The molecule has 0 amide bonds. The summed E-state index contributed by atoms with van der Waals surface area (Å²) in [6.45, 7) is 7.92. The Kier molecular flexibility index (Phi) is 4.26. The molecule has 0 unspecified atom stereocenters. The molecule has 0 aromatic heterocycles. The van der Waals surface area contributed by atoms with Gasteiger partial charge < -0.3 is 5.32 Å². The van der Waals surface area contributed by atoms with Crippen molar-refractivity contribution in [3.8, 4) is 0 Å². The van der Waals surface area contributed by atoms with Crippen LogP contribution in [0.25, 0.3) is 10.8 Å². The van der Waals surface area contributed by atoms with Crippen molar-refractivity contribution in [2.75, 3.05) is 13.6 Å². The predicted octanol–water partition coefficient (Wildman–Crippen LogP) is 4.33. The quantitative estimate of drug-likeness (QED) is 0.838. The molecule has 0 spiro atoms. The van der Waals surface area contributed by atoms with Crippen molar-refractivity contribution in [1.29, 1.82) is 0 Å². The molecule has 1 heteroatoms. The lowest BCUT2D eigenvalue weighted by Gasteiger charge is -2.24. The first-order chi connectivity index (χ1) is 9.03. The fourth-order valence-electron chi connectivity index (χ4n) is 2.77. The van der Waals surface area contributed by atoms with Crippen LogP contribution in [0.1, 0.15) is 31.4 Å². The lowest BCUT2D eigenvalue weighted by atomic mass is 9.85. The molecule has 0 atom stereocenters. The molecule has 19 heavy (non-hydrogen) atoms. The second-order valence-corrected chi connectivity index (χ2v) is 6.28. The van der Waals surface area contributed by atoms with Crippen LogP contribution in [-0.2, 0) is 6.42 Å². The number of rotatable bonds is 5. The monoisotopic (exact) mass is 255 g/mol. The molecule has 0 radical (unpaired) electrons. The molecular weight excluding hydrogens is 230 g/mol. The fraction of sp³-hybridized carbons (Fsp3) is 0.444. The van der Waals surface area contributed by atoms with Gasteiger partial charge in [0.15, 0.2) is 0 Å². The van der Waals surface area contributed by atoms with E-state index in [1.807, 2.05) is 7.05 Å². The molecular formula is C18H25N. The van der Waals surface area contributed by atoms with Crippen LogP contribution in [0, 0.1) is 12.3 Å². The van der Waals surface area contributed by atoms with E-state index in [4.69, 9.17) is 0 Å². The first-order valence-corrected chi connectivity index (χ1v) is 7.15. The van der Waals surface area contributed by atoms with Crippen molar-refractivity contribution in [3.05, 3.63) is 47.5 Å². The van der Waals surface area contributed by atoms with E-state index in [9.17, 15) is 0 Å². The summed E-state index contributed by atoms with van der Waals surface area (Å²) in [5.41, 5.74) is 3.19. The second kappa shape index (κ2) is 5.75. The van der Waals surface area contributed by atoms with E-state index in [-0.39, 0.29) is 0 Å². The summed E-state index contributed by atoms with van der Waals surface area (Å²) in [6.07, 6.45) is 2.36. The summed E-state index contributed by atoms with van der Waals surface area (Å²) in [7, 11) is 2.03. The highest BCUT2D eigenvalue weighted by Crippen LogP contribution is 2.27. The van der Waals surface area contributed by atoms with Crippen LogP contribution < -0.4 is 5.32 Å². The molecule has 0 aliphatic rings. The van der Waals surface area contributed by atoms with Gasteiger partial charge in [0.05, 0.1) is 0 Å². The maximum Gasteiger partial charge on any atom is -0.0000373 e. The molecule has 1 N–H and O–H groups in total. The highest BCUT2D eigenvalue weighted by Gasteiger charge is 2.17. The minimum Gasteiger partial charge on any atom is -0.319 e. The van der Waals surface area contributed by atoms with Gasteiger partial charge in [0, 0.05) is 0 Å². The van der Waals surface area contributed by atoms with Gasteiger partial charge in [-0.25, -0.2) is 0 Å². The number of benzene rings is 2. The summed E-state index contributed by atoms with van der Waals surface area (Å²) >= 11 is 0. The van der Waals surface area contributed by atoms with Gasteiger partial charge in [0.25, 0.3) is 0 Å². The van der Waals surface area contributed by atoms with Crippen molar-refractivity contribution in [3.63, 3.8) is 0 Å². The van der Waals surface area contributed by atoms with Gasteiger partial charge in [-0.3, -0.25) is 0 Å². The number of fused-ring (bicyclic) bond motifs is 1. The van der Waals surface area contributed by atoms with Crippen LogP contribution >= 0.6 is 0 Å². The van der Waals surface area contributed by atoms with E-state index in [1.54, 1.807) is 0 Å². The zero-order valence-electron chi connectivity index (χ0n) is 12.6. The molecule has 2 aromatic carbocycles. The molecule has 0 heterocycles. The highest BCUT2D eigenvalue weighted by atomic mass is 14.8. The SMILES string of the molecule is CNCC(C)(C)CCc1ccc(C)c2ccccc12. The van der Waals surface area contributed by atoms with Crippen molar-refractivity contribution in [2.45, 2.75) is 33.6 Å². The van der Waals surface area contributed by atoms with Crippen molar-refractivity contribution in [1.82, 2.24) is 5.32 Å². The summed E-state index contributed by atoms with van der Waals surface area (Å²) in [4.78, 5) is 0. The molecule has 0 bridgehead atoms. The van der Waals surface area contributed by atoms with Gasteiger partial charge >= 0.3 is 0 Å². The van der Waals surface area contributed by atoms with Gasteiger partial charge in [-0.05, 0) is 60.7 Å². The van der Waals surface area contributed by atoms with Gasteiger partial charge in [-0.1, -0.05) is 50.2 Å². The van der Waals surface area contributed by atoms with Gasteiger partial charge in [-0.2, -0.15) is 0 Å². The van der Waals surface area contributed by atoms with Crippen LogP contribution in [-0.4, -0.2) is 13.6 Å². The zero-order chi connectivity index (χ0) is 13.9. The Morgan fingerprint density at radius 3 is 2.37 bits per heavy atom. The molecule has 1 nitrogen and oxygen atoms in total. The molecule has 0 aliphatic heterocycles. The van der Waals surface area contributed by atoms with Gasteiger partial charge in [-0.15, -0.1) is 0 Å². The van der Waals surface area contributed by atoms with Crippen LogP contribution in [0.3, 0.4) is 0 Å². The van der Waals surface area contributed by atoms with Crippen molar-refractivity contribution < 1.29 is 0 Å². The van der Waals surface area contributed by atoms with E-state index >= 15 is 0 Å². The Balaban J connectivity index is 2.24. The molecule has 102 valence electrons. The molecule has 2 rings (SSSR count). The standard InChI is InChI=1S/C18H25N/c1-14-9-10-15(11-12-18(2,3)13-19-4)17-8-6-5-7-16(14)17/h5-10,19H,11-13H2,1-4H3. The fourth-order valence-corrected chi connectivity index (χ4v) is 2.77. The number of hydrogen-bond acceptors (Lipinski definition) is 1. The third-order valence-corrected chi connectivity index (χ3v) is 3.96. The topological polar surface area (TPSA) is 12.0 Å². The van der Waals surface area contributed by atoms with Crippen LogP contribution in [0.4, 0.5) is 0 Å². The van der Waals surface area contributed by atoms with E-state index in [2.05, 4.69) is 62.5 Å². The van der Waals surface area contributed by atoms with Gasteiger partial charge in [0.1, 0.15) is 0 Å². The van der Waals surface area contributed by atoms with Gasteiger partial charge in [0.2, 0.25) is 0 Å². The smallest absolute Gasteiger partial charge is 0.0000373 e. The van der Waals surface area contributed by atoms with Crippen molar-refractivity contribution >= 4 is 10.8 Å². The average Bonchev–Trinajstić information content (AvgIpc) is 2.38. The average molecular weight is 255 g/mol. The Bertz CT molecular complexity index is 555. The Morgan fingerprint density at radius 2 is 1.68 bits per heavy atom. The maximum atomic E-state index is 3.29. The van der Waals surface area contributed by atoms with E-state index < -0.39 is 0 Å². The van der Waals surface area contributed by atoms with E-state index in [0.717, 1.165) is 13.0 Å². The van der Waals surface area contributed by atoms with Crippen LogP contribution in [0.2, 0.25) is 0 Å². The molecule has 0 aliphatic carbocycles. The number of aryl methyl sites for hydroxylation is 2. The summed E-state index contributed by atoms with van der Waals surface area (Å²) in [6, 6.07) is 13.3. The Hall–Kier alpha value is -1.34. The minimum absolute atomic E-state index is 0.348. The minimum atomic E-state index is 0.348. The predicted molar refractivity (Wildman–Crippen MR) is 84.7 cm³/mol. The zero-order valence-corrected chi connectivity index (χ0v) is 12.6. The summed E-state index contributed by atoms with van der Waals surface area (Å²) in [5.74, 6) is 0. The first-order valence-electron chi connectivity index (χ1n) is 7.15. The highest BCUT2D eigenvalue weighted by molar-refractivity contribution is 5.88. The lowest BCUT2D eigenvalue weighted by molar-refractivity contribution is 0.325. The first kappa shape index (κ1) is 14.1. The summed E-state index contributed by atoms with van der Waals surface area (Å²) < 4.78 is 0. The normalized spacial score (nSPS) is 12.0. The Labute approximate surface area is 117 Å². The Morgan fingerprint density at radius 1 is 1.00 bits per heavy atom. The molecule has 0 fully saturated rings. The molecule has 2 aromatic rings. The lowest BCUT2D eigenvalue weighted by Crippen LogP contribution is -2.27. The van der Waals surface area contributed by atoms with Crippen LogP contribution in [0.15, 0.2) is 36.4 Å². The molecule has 0 saturated carbocycles. The molecule has 0 saturated heterocycles. The number of hydrogen-bond donors (Lipinski definition) is 1. The van der Waals surface area contributed by atoms with Crippen molar-refractivity contribution in [2.24, 2.45) is 5.41 Å². The third-order valence-electron chi connectivity index (χ3n) is 3.96. The second-order valence-electron chi connectivity index (χ2n) is 6.28. The van der Waals surface area contributed by atoms with E-state index in [1.165, 1.54) is 28.3 Å². The summed E-state index contributed by atoms with van der Waals surface area (Å²) in [5, 5.41) is 6.10. The third kappa shape index (κ3) is 3.36. The number of nitrogens with one attached hydrogen (secondary N) is 1.